The van der Waals surface area contributed by atoms with Gasteiger partial charge in [0.1, 0.15) is 0 Å². The molecule has 0 radical (unpaired) electrons. The van der Waals surface area contributed by atoms with Crippen LogP contribution in [0.15, 0.2) is 46.2 Å². The number of thiophene rings is 1. The van der Waals surface area contributed by atoms with Crippen LogP contribution in [0.1, 0.15) is 48.7 Å². The summed E-state index contributed by atoms with van der Waals surface area (Å²) >= 11 is 1.49. The maximum atomic E-state index is 12.4. The van der Waals surface area contributed by atoms with Gasteiger partial charge in [0, 0.05) is 12.6 Å². The summed E-state index contributed by atoms with van der Waals surface area (Å²) in [4.78, 5) is 24.8. The molecule has 152 valence electrons. The number of hydrogen-bond donors (Lipinski definition) is 2. The van der Waals surface area contributed by atoms with E-state index in [1.807, 2.05) is 31.4 Å². The lowest BCUT2D eigenvalue weighted by Gasteiger charge is -2.11. The highest BCUT2D eigenvalue weighted by Gasteiger charge is 2.20. The second-order valence-corrected chi connectivity index (χ2v) is 7.60. The third-order valence-electron chi connectivity index (χ3n) is 3.87. The van der Waals surface area contributed by atoms with Crippen LogP contribution < -0.4 is 10.6 Å². The van der Waals surface area contributed by atoms with E-state index >= 15 is 0 Å². The average molecular weight is 414 g/mol. The van der Waals surface area contributed by atoms with E-state index in [1.165, 1.54) is 11.3 Å². The number of nitrogens with zero attached hydrogens (tertiary/aromatic N) is 2. The van der Waals surface area contributed by atoms with E-state index < -0.39 is 12.1 Å². The van der Waals surface area contributed by atoms with Gasteiger partial charge in [-0.25, -0.2) is 9.59 Å². The van der Waals surface area contributed by atoms with Crippen molar-refractivity contribution in [3.05, 3.63) is 58.8 Å². The summed E-state index contributed by atoms with van der Waals surface area (Å²) in [5, 5.41) is 15.4. The molecular weight excluding hydrogens is 392 g/mol. The van der Waals surface area contributed by atoms with Crippen LogP contribution in [-0.2, 0) is 11.3 Å². The molecule has 2 aromatic heterocycles. The molecule has 3 rings (SSSR count). The van der Waals surface area contributed by atoms with Gasteiger partial charge < -0.3 is 19.8 Å². The fraction of sp³-hybridized carbons (Fsp3) is 0.300. The largest absolute Gasteiger partial charge is 0.449 e. The van der Waals surface area contributed by atoms with Crippen molar-refractivity contribution < 1.29 is 18.7 Å². The number of urea groups is 1. The van der Waals surface area contributed by atoms with Gasteiger partial charge >= 0.3 is 12.0 Å². The Balaban J connectivity index is 1.54. The fourth-order valence-corrected chi connectivity index (χ4v) is 3.08. The molecule has 0 spiro atoms. The molecule has 9 heteroatoms. The van der Waals surface area contributed by atoms with Gasteiger partial charge in [-0.2, -0.15) is 0 Å². The maximum absolute atomic E-state index is 12.4. The highest BCUT2D eigenvalue weighted by Crippen LogP contribution is 2.26. The molecule has 0 bridgehead atoms. The summed E-state index contributed by atoms with van der Waals surface area (Å²) in [6.45, 7) is 5.81. The van der Waals surface area contributed by atoms with E-state index in [0.29, 0.717) is 18.0 Å². The first-order chi connectivity index (χ1) is 13.9. The molecule has 8 nitrogen and oxygen atoms in total. The standard InChI is InChI=1S/C20H22N4O4S/c1-12(2)22-20(26)21-11-14-6-8-15(9-7-14)19(25)27-13(3)17-23-24-18(28-17)16-5-4-10-29-16/h4-10,12-13H,11H2,1-3H3,(H2,21,22,26)/t13-/m1/s1. The third-order valence-corrected chi connectivity index (χ3v) is 4.72. The van der Waals surface area contributed by atoms with E-state index in [1.54, 1.807) is 31.2 Å². The first-order valence-electron chi connectivity index (χ1n) is 9.14. The maximum Gasteiger partial charge on any atom is 0.338 e. The van der Waals surface area contributed by atoms with E-state index in [4.69, 9.17) is 9.15 Å². The van der Waals surface area contributed by atoms with Crippen molar-refractivity contribution in [2.24, 2.45) is 0 Å². The molecule has 3 aromatic rings. The van der Waals surface area contributed by atoms with E-state index in [-0.39, 0.29) is 18.0 Å². The van der Waals surface area contributed by atoms with Gasteiger partial charge in [-0.3, -0.25) is 0 Å². The molecule has 0 unspecified atom stereocenters. The van der Waals surface area contributed by atoms with Crippen molar-refractivity contribution in [1.82, 2.24) is 20.8 Å². The molecule has 0 fully saturated rings. The van der Waals surface area contributed by atoms with Crippen LogP contribution in [0.3, 0.4) is 0 Å². The summed E-state index contributed by atoms with van der Waals surface area (Å²) in [5.41, 5.74) is 1.26. The number of rotatable bonds is 7. The Morgan fingerprint density at radius 1 is 1.14 bits per heavy atom. The third kappa shape index (κ3) is 5.64. The van der Waals surface area contributed by atoms with E-state index in [0.717, 1.165) is 10.4 Å². The number of nitrogens with one attached hydrogen (secondary N) is 2. The molecule has 0 aliphatic heterocycles. The van der Waals surface area contributed by atoms with Crippen LogP contribution >= 0.6 is 11.3 Å². The Bertz CT molecular complexity index is 951. The minimum Gasteiger partial charge on any atom is -0.449 e. The molecule has 1 aromatic carbocycles. The Labute approximate surface area is 172 Å². The van der Waals surface area contributed by atoms with Crippen LogP contribution in [0.5, 0.6) is 0 Å². The minimum absolute atomic E-state index is 0.0642. The second kappa shape index (κ2) is 9.33. The van der Waals surface area contributed by atoms with Crippen LogP contribution in [0.25, 0.3) is 10.8 Å². The lowest BCUT2D eigenvalue weighted by atomic mass is 10.1. The number of carbonyl (C=O) groups is 2. The molecule has 29 heavy (non-hydrogen) atoms. The molecule has 2 heterocycles. The Hall–Kier alpha value is -3.20. The molecule has 0 aliphatic rings. The molecule has 1 atom stereocenters. The zero-order chi connectivity index (χ0) is 20.8. The Morgan fingerprint density at radius 2 is 1.90 bits per heavy atom. The van der Waals surface area contributed by atoms with Crippen molar-refractivity contribution in [3.8, 4) is 10.8 Å². The zero-order valence-electron chi connectivity index (χ0n) is 16.3. The number of benzene rings is 1. The zero-order valence-corrected chi connectivity index (χ0v) is 17.2. The summed E-state index contributed by atoms with van der Waals surface area (Å²) in [6, 6.07) is 10.4. The van der Waals surface area contributed by atoms with Crippen molar-refractivity contribution in [1.29, 1.82) is 0 Å². The first-order valence-corrected chi connectivity index (χ1v) is 10.0. The van der Waals surface area contributed by atoms with Gasteiger partial charge in [0.15, 0.2) is 6.10 Å². The van der Waals surface area contributed by atoms with Gasteiger partial charge in [0.25, 0.3) is 11.8 Å². The highest BCUT2D eigenvalue weighted by atomic mass is 32.1. The lowest BCUT2D eigenvalue weighted by molar-refractivity contribution is 0.0280. The lowest BCUT2D eigenvalue weighted by Crippen LogP contribution is -2.39. The highest BCUT2D eigenvalue weighted by molar-refractivity contribution is 7.13. The summed E-state index contributed by atoms with van der Waals surface area (Å²) in [6.07, 6.45) is -0.676. The van der Waals surface area contributed by atoms with Gasteiger partial charge in [-0.05, 0) is 49.9 Å². The summed E-state index contributed by atoms with van der Waals surface area (Å²) < 4.78 is 11.0. The molecule has 0 saturated heterocycles. The number of amides is 2. The van der Waals surface area contributed by atoms with Gasteiger partial charge in [-0.1, -0.05) is 18.2 Å². The van der Waals surface area contributed by atoms with E-state index in [2.05, 4.69) is 20.8 Å². The van der Waals surface area contributed by atoms with Crippen molar-refractivity contribution >= 4 is 23.3 Å². The Kier molecular flexibility index (Phi) is 6.61. The minimum atomic E-state index is -0.676. The van der Waals surface area contributed by atoms with Crippen LogP contribution in [-0.4, -0.2) is 28.2 Å². The number of hydrogen-bond acceptors (Lipinski definition) is 7. The predicted octanol–water partition coefficient (Wildman–Crippen LogP) is 3.92. The molecular formula is C20H22N4O4S. The smallest absolute Gasteiger partial charge is 0.338 e. The summed E-state index contributed by atoms with van der Waals surface area (Å²) in [5.74, 6) is 0.139. The molecule has 2 N–H and O–H groups in total. The molecule has 2 amide bonds. The van der Waals surface area contributed by atoms with E-state index in [9.17, 15) is 9.59 Å². The topological polar surface area (TPSA) is 106 Å². The second-order valence-electron chi connectivity index (χ2n) is 6.65. The van der Waals surface area contributed by atoms with Gasteiger partial charge in [0.05, 0.1) is 10.4 Å². The normalized spacial score (nSPS) is 11.9. The van der Waals surface area contributed by atoms with Crippen LogP contribution in [0.4, 0.5) is 4.79 Å². The van der Waals surface area contributed by atoms with Crippen molar-refractivity contribution in [3.63, 3.8) is 0 Å². The first kappa shape index (κ1) is 20.5. The van der Waals surface area contributed by atoms with Crippen molar-refractivity contribution in [2.45, 2.75) is 39.5 Å². The van der Waals surface area contributed by atoms with Gasteiger partial charge in [-0.15, -0.1) is 21.5 Å². The molecule has 0 saturated carbocycles. The van der Waals surface area contributed by atoms with Crippen molar-refractivity contribution in [2.75, 3.05) is 0 Å². The Morgan fingerprint density at radius 3 is 2.55 bits per heavy atom. The fourth-order valence-electron chi connectivity index (χ4n) is 2.43. The van der Waals surface area contributed by atoms with Gasteiger partial charge in [0.2, 0.25) is 0 Å². The van der Waals surface area contributed by atoms with Crippen LogP contribution in [0.2, 0.25) is 0 Å². The average Bonchev–Trinajstić information content (AvgIpc) is 3.37. The molecule has 0 aliphatic carbocycles. The number of esters is 1. The SMILES string of the molecule is CC(C)NC(=O)NCc1ccc(C(=O)O[C@H](C)c2nnc(-c3cccs3)o2)cc1. The quantitative estimate of drug-likeness (QED) is 0.568. The number of aromatic nitrogens is 2. The van der Waals surface area contributed by atoms with Crippen LogP contribution in [0, 0.1) is 0 Å². The monoisotopic (exact) mass is 414 g/mol. The number of ether oxygens (including phenoxy) is 1. The summed E-state index contributed by atoms with van der Waals surface area (Å²) in [7, 11) is 0. The predicted molar refractivity (Wildman–Crippen MR) is 108 cm³/mol. The number of carbonyl (C=O) groups excluding carboxylic acids is 2.